The minimum absolute atomic E-state index is 0.00412. The number of ketones is 2. The highest BCUT2D eigenvalue weighted by atomic mass is 28.4. The normalized spacial score (nSPS) is 22.0. The monoisotopic (exact) mass is 762 g/mol. The maximum atomic E-state index is 15.5. The van der Waals surface area contributed by atoms with E-state index in [-0.39, 0.29) is 41.0 Å². The third kappa shape index (κ3) is 6.59. The number of rotatable bonds is 12. The zero-order chi connectivity index (χ0) is 39.3. The van der Waals surface area contributed by atoms with Gasteiger partial charge in [0, 0.05) is 37.7 Å². The molecule has 288 valence electrons. The van der Waals surface area contributed by atoms with Crippen molar-refractivity contribution >= 4 is 25.7 Å². The quantitative estimate of drug-likeness (QED) is 0.108. The zero-order valence-corrected chi connectivity index (χ0v) is 33.6. The van der Waals surface area contributed by atoms with E-state index in [1.165, 1.54) is 0 Å². The predicted molar refractivity (Wildman–Crippen MR) is 212 cm³/mol. The van der Waals surface area contributed by atoms with Crippen molar-refractivity contribution in [3.63, 3.8) is 0 Å². The van der Waals surface area contributed by atoms with E-state index in [9.17, 15) is 5.11 Å². The fourth-order valence-corrected chi connectivity index (χ4v) is 9.39. The molecule has 0 amide bonds. The molecule has 2 heterocycles. The molecule has 0 fully saturated rings. The van der Waals surface area contributed by atoms with Crippen molar-refractivity contribution in [2.75, 3.05) is 25.5 Å². The number of anilines is 1. The molecular weight excluding hydrogens is 713 g/mol. The lowest BCUT2D eigenvalue weighted by molar-refractivity contribution is -0.0318. The third-order valence-corrected chi connectivity index (χ3v) is 16.1. The van der Waals surface area contributed by atoms with Gasteiger partial charge in [-0.2, -0.15) is 0 Å². The third-order valence-electron chi connectivity index (χ3n) is 11.6. The van der Waals surface area contributed by atoms with Gasteiger partial charge in [-0.15, -0.1) is 6.58 Å². The number of Topliss-reactive ketones (excluding diaryl/α,β-unsaturated/α-hetero) is 2. The van der Waals surface area contributed by atoms with Gasteiger partial charge in [-0.3, -0.25) is 9.59 Å². The number of pyridine rings is 1. The molecule has 0 saturated carbocycles. The van der Waals surface area contributed by atoms with Crippen LogP contribution in [0.1, 0.15) is 76.4 Å². The van der Waals surface area contributed by atoms with Gasteiger partial charge in [0.05, 0.1) is 17.8 Å². The number of aliphatic hydroxyl groups is 1. The van der Waals surface area contributed by atoms with Crippen LogP contribution in [0.25, 0.3) is 0 Å². The Bertz CT molecular complexity index is 2140. The molecule has 0 aliphatic heterocycles. The number of ether oxygens (including phenoxy) is 2. The lowest BCUT2D eigenvalue weighted by atomic mass is 9.59. The van der Waals surface area contributed by atoms with Crippen LogP contribution < -0.4 is 19.7 Å². The Morgan fingerprint density at radius 1 is 1.02 bits per heavy atom. The minimum atomic E-state index is -2.89. The first kappa shape index (κ1) is 38.2. The van der Waals surface area contributed by atoms with Crippen LogP contribution in [0.2, 0.25) is 18.1 Å². The van der Waals surface area contributed by atoms with Gasteiger partial charge in [0.1, 0.15) is 36.1 Å². The molecule has 12 heteroatoms. The van der Waals surface area contributed by atoms with Gasteiger partial charge in [0.2, 0.25) is 5.78 Å². The molecule has 4 atom stereocenters. The number of carbonyl (C=O) groups is 2. The average Bonchev–Trinajstić information content (AvgIpc) is 3.58. The highest BCUT2D eigenvalue weighted by molar-refractivity contribution is 6.74. The molecule has 7 rings (SSSR count). The summed E-state index contributed by atoms with van der Waals surface area (Å²) in [5.41, 5.74) is 1.16. The molecule has 2 N–H and O–H groups in total. The number of aromatic nitrogens is 2. The molecule has 2 aromatic heterocycles. The van der Waals surface area contributed by atoms with Crippen molar-refractivity contribution in [2.45, 2.75) is 76.6 Å². The van der Waals surface area contributed by atoms with Crippen LogP contribution in [0.5, 0.6) is 11.6 Å². The van der Waals surface area contributed by atoms with Crippen molar-refractivity contribution in [1.82, 2.24) is 15.5 Å². The van der Waals surface area contributed by atoms with Crippen molar-refractivity contribution < 1.29 is 33.1 Å². The predicted octanol–water partition coefficient (Wildman–Crippen LogP) is 7.95. The largest absolute Gasteiger partial charge is 0.508 e. The summed E-state index contributed by atoms with van der Waals surface area (Å²) >= 11 is 0. The Kier molecular flexibility index (Phi) is 10.1. The molecule has 3 aliphatic carbocycles. The zero-order valence-electron chi connectivity index (χ0n) is 32.6. The number of hydrogen-bond acceptors (Lipinski definition) is 11. The molecule has 0 saturated heterocycles. The van der Waals surface area contributed by atoms with E-state index in [0.717, 1.165) is 16.7 Å². The number of allylic oxidation sites excluding steroid dienone is 1. The number of aliphatic hydroxyl groups excluding tert-OH is 1. The highest BCUT2D eigenvalue weighted by Crippen LogP contribution is 2.59. The maximum absolute atomic E-state index is 15.5. The van der Waals surface area contributed by atoms with E-state index in [4.69, 9.17) is 23.4 Å². The summed E-state index contributed by atoms with van der Waals surface area (Å²) in [6.45, 7) is 15.0. The van der Waals surface area contributed by atoms with E-state index in [1.807, 2.05) is 92.8 Å². The van der Waals surface area contributed by atoms with Crippen LogP contribution in [0.4, 0.5) is 5.82 Å². The molecule has 11 nitrogen and oxygen atoms in total. The van der Waals surface area contributed by atoms with Crippen LogP contribution in [-0.2, 0) is 24.1 Å². The summed E-state index contributed by atoms with van der Waals surface area (Å²) in [4.78, 5) is 37.3. The van der Waals surface area contributed by atoms with Crippen LogP contribution in [0.3, 0.4) is 0 Å². The maximum Gasteiger partial charge on any atom is 0.265 e. The first-order valence-electron chi connectivity index (χ1n) is 18.8. The second-order valence-electron chi connectivity index (χ2n) is 16.4. The molecule has 2 aromatic carbocycles. The summed E-state index contributed by atoms with van der Waals surface area (Å²) in [6, 6.07) is 18.6. The molecular formula is C43H50N4O7Si. The van der Waals surface area contributed by atoms with Gasteiger partial charge >= 0.3 is 0 Å². The summed E-state index contributed by atoms with van der Waals surface area (Å²) in [5, 5.41) is 20.4. The van der Waals surface area contributed by atoms with Crippen molar-refractivity contribution in [3.8, 4) is 11.6 Å². The van der Waals surface area contributed by atoms with E-state index in [2.05, 4.69) is 37.8 Å². The molecule has 55 heavy (non-hydrogen) atoms. The summed E-state index contributed by atoms with van der Waals surface area (Å²) in [5.74, 6) is -1.21. The minimum Gasteiger partial charge on any atom is -0.508 e. The lowest BCUT2D eigenvalue weighted by Crippen LogP contribution is -2.65. The van der Waals surface area contributed by atoms with E-state index >= 15 is 9.59 Å². The Morgan fingerprint density at radius 2 is 1.65 bits per heavy atom. The lowest BCUT2D eigenvalue weighted by Gasteiger charge is -2.54. The number of nitrogens with zero attached hydrogens (tertiary/aromatic N) is 3. The van der Waals surface area contributed by atoms with Gasteiger partial charge in [-0.05, 0) is 53.2 Å². The fraction of sp³-hybridized carbons (Fsp3) is 0.395. The second-order valence-corrected chi connectivity index (χ2v) is 21.1. The molecule has 0 bridgehead atoms. The molecule has 3 aliphatic rings. The van der Waals surface area contributed by atoms with Gasteiger partial charge < -0.3 is 33.7 Å². The Labute approximate surface area is 323 Å². The number of nitrogens with one attached hydrogen (secondary N) is 1. The number of hydrogen-bond donors (Lipinski definition) is 2. The highest BCUT2D eigenvalue weighted by Gasteiger charge is 2.67. The van der Waals surface area contributed by atoms with Crippen LogP contribution in [-0.4, -0.2) is 61.4 Å². The fourth-order valence-electron chi connectivity index (χ4n) is 7.93. The smallest absolute Gasteiger partial charge is 0.265 e. The van der Waals surface area contributed by atoms with E-state index in [1.54, 1.807) is 12.3 Å². The van der Waals surface area contributed by atoms with Crippen LogP contribution >= 0.6 is 0 Å². The standard InChI is InChI=1S/C43H50N4O7Si/c1-9-20-44-35-30-22-28-21-29-33(31(23-45-40(29)47(5)6)51-24-26-16-12-10-13-17-26)36(48)32(28)38(49)43(30,54-55(7,8)42(2,3)4)39(50)34-37(35)53-46-41(34)52-25-27-18-14-11-15-19-27/h9-19,23,28,30,35,44,49H,1,20-22,24-25H2,2-8H3/t28-,30-,35-,43?/m0/s1. The van der Waals surface area contributed by atoms with Gasteiger partial charge in [-0.1, -0.05) is 87.5 Å². The Balaban J connectivity index is 1.42. The van der Waals surface area contributed by atoms with Crippen molar-refractivity contribution in [2.24, 2.45) is 11.8 Å². The molecule has 4 aromatic rings. The van der Waals surface area contributed by atoms with Gasteiger partial charge in [0.15, 0.2) is 25.5 Å². The molecule has 0 spiro atoms. The summed E-state index contributed by atoms with van der Waals surface area (Å²) in [6.07, 6.45) is 4.00. The number of benzene rings is 2. The molecule has 0 radical (unpaired) electrons. The first-order chi connectivity index (χ1) is 26.2. The summed E-state index contributed by atoms with van der Waals surface area (Å²) < 4.78 is 25.8. The van der Waals surface area contributed by atoms with E-state index < -0.39 is 43.4 Å². The Morgan fingerprint density at radius 3 is 2.25 bits per heavy atom. The Hall–Kier alpha value is -5.04. The topological polar surface area (TPSA) is 136 Å². The van der Waals surface area contributed by atoms with Gasteiger partial charge in [0.25, 0.3) is 5.88 Å². The summed E-state index contributed by atoms with van der Waals surface area (Å²) in [7, 11) is 0.886. The molecule has 1 unspecified atom stereocenters. The van der Waals surface area contributed by atoms with Crippen molar-refractivity contribution in [1.29, 1.82) is 0 Å². The van der Waals surface area contributed by atoms with Gasteiger partial charge in [-0.25, -0.2) is 4.98 Å². The number of carbonyl (C=O) groups excluding carboxylic acids is 2. The van der Waals surface area contributed by atoms with Crippen molar-refractivity contribution in [3.05, 3.63) is 124 Å². The van der Waals surface area contributed by atoms with Crippen LogP contribution in [0, 0.1) is 11.8 Å². The SMILES string of the molecule is C=CCN[C@@H]1c2onc(OCc3ccccc3)c2C(=O)C2(O[Si](C)(C)C(C)(C)C)C(O)=C3C(=O)c4c(OCc5ccccc5)cnc(N(C)C)c4C[C@H]3C[C@@H]12. The van der Waals surface area contributed by atoms with E-state index in [0.29, 0.717) is 42.3 Å². The first-order valence-corrected chi connectivity index (χ1v) is 21.7. The second kappa shape index (κ2) is 14.6. The average molecular weight is 763 g/mol. The van der Waals surface area contributed by atoms with Crippen LogP contribution in [0.15, 0.2) is 95.4 Å². The number of fused-ring (bicyclic) bond motifs is 4.